The molecule has 0 aliphatic rings. The van der Waals surface area contributed by atoms with E-state index in [0.29, 0.717) is 6.61 Å². The Kier molecular flexibility index (Phi) is 4.19. The Hall–Kier alpha value is -2.02. The maximum atomic E-state index is 5.86. The summed E-state index contributed by atoms with van der Waals surface area (Å²) >= 11 is 0. The van der Waals surface area contributed by atoms with Crippen LogP contribution in [-0.4, -0.2) is 0 Å². The summed E-state index contributed by atoms with van der Waals surface area (Å²) in [6.45, 7) is 4.69. The van der Waals surface area contributed by atoms with Gasteiger partial charge in [0.05, 0.1) is 0 Å². The van der Waals surface area contributed by atoms with E-state index in [2.05, 4.69) is 43.3 Å². The number of benzene rings is 2. The molecule has 0 aliphatic heterocycles. The molecule has 2 rings (SSSR count). The lowest BCUT2D eigenvalue weighted by Crippen LogP contribution is -1.93. The first-order chi connectivity index (χ1) is 8.79. The first-order valence-electron chi connectivity index (χ1n) is 6.19. The molecule has 0 saturated carbocycles. The summed E-state index contributed by atoms with van der Waals surface area (Å²) in [4.78, 5) is 0. The molecule has 0 spiro atoms. The molecular formula is C17H18O. The fraction of sp³-hybridized carbons (Fsp3) is 0.176. The smallest absolute Gasteiger partial charge is 0.122 e. The lowest BCUT2D eigenvalue weighted by Gasteiger charge is -2.10. The second-order valence-corrected chi connectivity index (χ2v) is 4.29. The normalized spacial score (nSPS) is 11.3. The largest absolute Gasteiger partial charge is 0.489 e. The van der Waals surface area contributed by atoms with E-state index in [1.807, 2.05) is 31.2 Å². The fourth-order valence-electron chi connectivity index (χ4n) is 1.79. The molecule has 0 aromatic heterocycles. The van der Waals surface area contributed by atoms with Crippen LogP contribution >= 0.6 is 0 Å². The molecule has 0 N–H and O–H groups in total. The van der Waals surface area contributed by atoms with E-state index in [1.165, 1.54) is 11.1 Å². The molecule has 0 radical (unpaired) electrons. The van der Waals surface area contributed by atoms with Gasteiger partial charge in [0.15, 0.2) is 0 Å². The van der Waals surface area contributed by atoms with Crippen LogP contribution in [0.2, 0.25) is 0 Å². The van der Waals surface area contributed by atoms with E-state index in [1.54, 1.807) is 0 Å². The molecule has 0 fully saturated rings. The van der Waals surface area contributed by atoms with Crippen molar-refractivity contribution in [2.24, 2.45) is 0 Å². The lowest BCUT2D eigenvalue weighted by molar-refractivity contribution is 0.264. The van der Waals surface area contributed by atoms with Gasteiger partial charge in [-0.15, -0.1) is 0 Å². The Balaban J connectivity index is 2.05. The lowest BCUT2D eigenvalue weighted by atomic mass is 10.1. The van der Waals surface area contributed by atoms with Crippen LogP contribution in [0.4, 0.5) is 0 Å². The molecule has 1 heteroatoms. The van der Waals surface area contributed by atoms with Crippen LogP contribution in [0.5, 0.6) is 0 Å². The van der Waals surface area contributed by atoms with Gasteiger partial charge in [-0.25, -0.2) is 0 Å². The molecule has 18 heavy (non-hydrogen) atoms. The minimum atomic E-state index is 0.606. The van der Waals surface area contributed by atoms with Crippen LogP contribution in [0.3, 0.4) is 0 Å². The number of hydrogen-bond donors (Lipinski definition) is 0. The van der Waals surface area contributed by atoms with E-state index in [9.17, 15) is 0 Å². The molecule has 0 heterocycles. The van der Waals surface area contributed by atoms with Crippen molar-refractivity contribution in [2.45, 2.75) is 20.5 Å². The second-order valence-electron chi connectivity index (χ2n) is 4.29. The molecule has 0 saturated heterocycles. The number of ether oxygens (including phenoxy) is 1. The van der Waals surface area contributed by atoms with Crippen LogP contribution in [0, 0.1) is 6.92 Å². The van der Waals surface area contributed by atoms with Gasteiger partial charge in [0.1, 0.15) is 12.4 Å². The molecule has 0 atom stereocenters. The van der Waals surface area contributed by atoms with Crippen molar-refractivity contribution in [1.29, 1.82) is 0 Å². The van der Waals surface area contributed by atoms with E-state index in [4.69, 9.17) is 4.74 Å². The van der Waals surface area contributed by atoms with Gasteiger partial charge in [0.25, 0.3) is 0 Å². The summed E-state index contributed by atoms with van der Waals surface area (Å²) < 4.78 is 5.86. The summed E-state index contributed by atoms with van der Waals surface area (Å²) in [5, 5.41) is 0. The monoisotopic (exact) mass is 238 g/mol. The quantitative estimate of drug-likeness (QED) is 0.709. The summed E-state index contributed by atoms with van der Waals surface area (Å²) in [5.74, 6) is 0.929. The van der Waals surface area contributed by atoms with Gasteiger partial charge in [-0.1, -0.05) is 60.2 Å². The molecule has 0 amide bonds. The highest BCUT2D eigenvalue weighted by molar-refractivity contribution is 5.59. The summed E-state index contributed by atoms with van der Waals surface area (Å²) in [6, 6.07) is 18.6. The molecule has 0 aliphatic carbocycles. The maximum absolute atomic E-state index is 5.86. The Morgan fingerprint density at radius 2 is 1.67 bits per heavy atom. The predicted octanol–water partition coefficient (Wildman–Crippen LogP) is 4.57. The van der Waals surface area contributed by atoms with Crippen molar-refractivity contribution < 1.29 is 4.74 Å². The van der Waals surface area contributed by atoms with Gasteiger partial charge in [-0.2, -0.15) is 0 Å². The van der Waals surface area contributed by atoms with E-state index >= 15 is 0 Å². The first kappa shape index (κ1) is 12.4. The minimum absolute atomic E-state index is 0.606. The Morgan fingerprint density at radius 3 is 2.28 bits per heavy atom. The zero-order chi connectivity index (χ0) is 12.8. The van der Waals surface area contributed by atoms with E-state index in [0.717, 1.165) is 11.3 Å². The van der Waals surface area contributed by atoms with Crippen LogP contribution in [0.15, 0.2) is 60.7 Å². The molecule has 92 valence electrons. The average molecular weight is 238 g/mol. The number of allylic oxidation sites excluding steroid dienone is 1. The fourth-order valence-corrected chi connectivity index (χ4v) is 1.79. The molecule has 0 bridgehead atoms. The molecule has 2 aromatic rings. The SMILES string of the molecule is CC=C(OCc1ccccc1)c1ccc(C)cc1. The minimum Gasteiger partial charge on any atom is -0.489 e. The molecule has 0 unspecified atom stereocenters. The standard InChI is InChI=1S/C17H18O/c1-3-17(16-11-9-14(2)10-12-16)18-13-15-7-5-4-6-8-15/h3-12H,13H2,1-2H3. The van der Waals surface area contributed by atoms with Crippen molar-refractivity contribution >= 4 is 5.76 Å². The Morgan fingerprint density at radius 1 is 1.00 bits per heavy atom. The summed E-state index contributed by atoms with van der Waals surface area (Å²) in [7, 11) is 0. The Bertz CT molecular complexity index is 509. The first-order valence-corrected chi connectivity index (χ1v) is 6.19. The van der Waals surface area contributed by atoms with Crippen molar-refractivity contribution in [1.82, 2.24) is 0 Å². The third kappa shape index (κ3) is 3.24. The van der Waals surface area contributed by atoms with E-state index in [-0.39, 0.29) is 0 Å². The van der Waals surface area contributed by atoms with Crippen LogP contribution in [0.1, 0.15) is 23.6 Å². The zero-order valence-corrected chi connectivity index (χ0v) is 10.9. The van der Waals surface area contributed by atoms with Gasteiger partial charge in [0, 0.05) is 5.56 Å². The third-order valence-corrected chi connectivity index (χ3v) is 2.84. The maximum Gasteiger partial charge on any atom is 0.122 e. The highest BCUT2D eigenvalue weighted by Crippen LogP contribution is 2.18. The highest BCUT2D eigenvalue weighted by atomic mass is 16.5. The topological polar surface area (TPSA) is 9.23 Å². The third-order valence-electron chi connectivity index (χ3n) is 2.84. The zero-order valence-electron chi connectivity index (χ0n) is 10.9. The van der Waals surface area contributed by atoms with Crippen LogP contribution in [-0.2, 0) is 11.3 Å². The summed E-state index contributed by atoms with van der Waals surface area (Å²) in [6.07, 6.45) is 2.01. The van der Waals surface area contributed by atoms with Crippen molar-refractivity contribution in [3.63, 3.8) is 0 Å². The highest BCUT2D eigenvalue weighted by Gasteiger charge is 2.01. The van der Waals surface area contributed by atoms with Crippen molar-refractivity contribution in [3.8, 4) is 0 Å². The predicted molar refractivity (Wildman–Crippen MR) is 76.1 cm³/mol. The van der Waals surface area contributed by atoms with Crippen LogP contribution in [0.25, 0.3) is 5.76 Å². The van der Waals surface area contributed by atoms with Crippen molar-refractivity contribution in [3.05, 3.63) is 77.4 Å². The van der Waals surface area contributed by atoms with E-state index < -0.39 is 0 Å². The van der Waals surface area contributed by atoms with Crippen LogP contribution < -0.4 is 0 Å². The van der Waals surface area contributed by atoms with Crippen molar-refractivity contribution in [2.75, 3.05) is 0 Å². The molecule has 1 nitrogen and oxygen atoms in total. The van der Waals surface area contributed by atoms with Gasteiger partial charge >= 0.3 is 0 Å². The Labute approximate surface area is 109 Å². The molecule has 2 aromatic carbocycles. The van der Waals surface area contributed by atoms with Gasteiger partial charge < -0.3 is 4.74 Å². The average Bonchev–Trinajstić information content (AvgIpc) is 2.42. The number of hydrogen-bond acceptors (Lipinski definition) is 1. The van der Waals surface area contributed by atoms with Gasteiger partial charge in [-0.3, -0.25) is 0 Å². The molecular weight excluding hydrogens is 220 g/mol. The number of rotatable bonds is 4. The second kappa shape index (κ2) is 6.06. The van der Waals surface area contributed by atoms with Gasteiger partial charge in [-0.05, 0) is 25.5 Å². The van der Waals surface area contributed by atoms with Gasteiger partial charge in [0.2, 0.25) is 0 Å². The number of aryl methyl sites for hydroxylation is 1. The summed E-state index contributed by atoms with van der Waals surface area (Å²) in [5.41, 5.74) is 3.57.